The van der Waals surface area contributed by atoms with Gasteiger partial charge in [0.25, 0.3) is 5.82 Å². The topological polar surface area (TPSA) is 127 Å². The number of carbonyl (C=O) groups is 3. The molecule has 1 aliphatic heterocycles. The number of hydrogen-bond donors (Lipinski definition) is 3. The molecule has 0 aromatic carbocycles. The highest BCUT2D eigenvalue weighted by molar-refractivity contribution is 6.16. The number of imidazole rings is 1. The maximum atomic E-state index is 13.0. The molecule has 0 bridgehead atoms. The Bertz CT molecular complexity index is 746. The Labute approximate surface area is 157 Å². The minimum Gasteiger partial charge on any atom is -0.711 e. The number of aliphatic hydroxyl groups excluding tert-OH is 1. The molecule has 4 amide bonds. The second-order valence-corrected chi connectivity index (χ2v) is 7.41. The van der Waals surface area contributed by atoms with Crippen molar-refractivity contribution < 1.29 is 24.2 Å². The number of aliphatic hydroxyl groups is 1. The van der Waals surface area contributed by atoms with Crippen LogP contribution in [0.1, 0.15) is 55.2 Å². The molecule has 148 valence electrons. The van der Waals surface area contributed by atoms with Gasteiger partial charge in [0, 0.05) is 13.8 Å². The van der Waals surface area contributed by atoms with Crippen LogP contribution in [-0.2, 0) is 16.1 Å². The third-order valence-electron chi connectivity index (χ3n) is 5.89. The zero-order valence-corrected chi connectivity index (χ0v) is 15.7. The Morgan fingerprint density at radius 2 is 1.74 bits per heavy atom. The quantitative estimate of drug-likeness (QED) is 0.388. The molecule has 1 saturated carbocycles. The van der Waals surface area contributed by atoms with E-state index in [9.17, 15) is 24.7 Å². The van der Waals surface area contributed by atoms with Crippen molar-refractivity contribution in [3.63, 3.8) is 0 Å². The van der Waals surface area contributed by atoms with E-state index in [0.29, 0.717) is 17.2 Å². The van der Waals surface area contributed by atoms with Crippen molar-refractivity contribution in [3.05, 3.63) is 22.4 Å². The Morgan fingerprint density at radius 3 is 2.30 bits per heavy atom. The van der Waals surface area contributed by atoms with Gasteiger partial charge < -0.3 is 10.3 Å². The van der Waals surface area contributed by atoms with Crippen LogP contribution in [0.15, 0.2) is 0 Å². The molecule has 1 atom stereocenters. The van der Waals surface area contributed by atoms with Crippen molar-refractivity contribution in [2.45, 2.75) is 58.4 Å². The third kappa shape index (κ3) is 3.43. The molecule has 3 N–H and O–H groups in total. The summed E-state index contributed by atoms with van der Waals surface area (Å²) in [5.41, 5.74) is 1.18. The molecule has 0 unspecified atom stereocenters. The molecule has 2 fully saturated rings. The molecule has 2 heterocycles. The molecular formula is C18H26N4O5. The number of aromatic nitrogens is 2. The van der Waals surface area contributed by atoms with Gasteiger partial charge in [-0.3, -0.25) is 20.2 Å². The summed E-state index contributed by atoms with van der Waals surface area (Å²) in [6, 6.07) is -0.836. The van der Waals surface area contributed by atoms with E-state index in [1.165, 1.54) is 0 Å². The van der Waals surface area contributed by atoms with Crippen molar-refractivity contribution in [2.75, 3.05) is 6.61 Å². The average molecular weight is 378 g/mol. The molecule has 1 saturated heterocycles. The highest BCUT2D eigenvalue weighted by atomic mass is 16.5. The maximum Gasteiger partial charge on any atom is 0.328 e. The van der Waals surface area contributed by atoms with Gasteiger partial charge in [-0.1, -0.05) is 19.3 Å². The van der Waals surface area contributed by atoms with Crippen LogP contribution < -0.4 is 15.4 Å². The summed E-state index contributed by atoms with van der Waals surface area (Å²) < 4.78 is 2.49. The number of nitrogens with one attached hydrogen (secondary N) is 2. The normalized spacial score (nSPS) is 20.5. The van der Waals surface area contributed by atoms with E-state index in [-0.39, 0.29) is 19.1 Å². The summed E-state index contributed by atoms with van der Waals surface area (Å²) in [6.45, 7) is 3.50. The van der Waals surface area contributed by atoms with E-state index in [1.54, 1.807) is 18.4 Å². The lowest BCUT2D eigenvalue weighted by atomic mass is 9.72. The summed E-state index contributed by atoms with van der Waals surface area (Å²) >= 11 is 0. The molecular weight excluding hydrogens is 352 g/mol. The number of hydrogen-bond acceptors (Lipinski definition) is 5. The summed E-state index contributed by atoms with van der Waals surface area (Å²) in [7, 11) is 0. The molecule has 9 heteroatoms. The third-order valence-corrected chi connectivity index (χ3v) is 5.89. The van der Waals surface area contributed by atoms with Crippen LogP contribution in [0, 0.1) is 30.9 Å². The zero-order valence-electron chi connectivity index (χ0n) is 15.7. The molecule has 27 heavy (non-hydrogen) atoms. The summed E-state index contributed by atoms with van der Waals surface area (Å²) in [4.78, 5) is 36.7. The number of carbonyl (C=O) groups excluding carboxylic acids is 3. The molecule has 0 spiro atoms. The largest absolute Gasteiger partial charge is 0.711 e. The fraction of sp³-hybridized carbons (Fsp3) is 0.667. The predicted octanol–water partition coefficient (Wildman–Crippen LogP) is 0.377. The van der Waals surface area contributed by atoms with Crippen LogP contribution in [-0.4, -0.2) is 34.1 Å². The minimum atomic E-state index is -1.16. The Morgan fingerprint density at radius 1 is 1.15 bits per heavy atom. The van der Waals surface area contributed by atoms with Gasteiger partial charge in [-0.15, -0.1) is 0 Å². The van der Waals surface area contributed by atoms with E-state index < -0.39 is 29.7 Å². The molecule has 0 radical (unpaired) electrons. The first-order valence-electron chi connectivity index (χ1n) is 9.42. The van der Waals surface area contributed by atoms with Gasteiger partial charge in [-0.2, -0.15) is 0 Å². The molecule has 1 aliphatic carbocycles. The van der Waals surface area contributed by atoms with Crippen LogP contribution in [0.5, 0.6) is 0 Å². The number of barbiturate groups is 1. The van der Waals surface area contributed by atoms with Gasteiger partial charge in [-0.25, -0.2) is 14.1 Å². The van der Waals surface area contributed by atoms with Crippen LogP contribution in [0.25, 0.3) is 0 Å². The zero-order chi connectivity index (χ0) is 19.7. The van der Waals surface area contributed by atoms with E-state index in [4.69, 9.17) is 0 Å². The van der Waals surface area contributed by atoms with E-state index >= 15 is 0 Å². The summed E-state index contributed by atoms with van der Waals surface area (Å²) in [6.07, 6.45) is 4.62. The first-order valence-corrected chi connectivity index (χ1v) is 9.42. The van der Waals surface area contributed by atoms with Gasteiger partial charge in [0.15, 0.2) is 0 Å². The van der Waals surface area contributed by atoms with Gasteiger partial charge >= 0.3 is 6.03 Å². The lowest BCUT2D eigenvalue weighted by Gasteiger charge is -2.34. The SMILES string of the molecule is Cc1c(C)[n+]([O-])c([C@@H](C2CCCCC2)C2C(=O)NC(=O)NC2=O)n1CCO. The molecule has 2 aliphatic rings. The van der Waals surface area contributed by atoms with Crippen LogP contribution >= 0.6 is 0 Å². The van der Waals surface area contributed by atoms with Crippen molar-refractivity contribution in [1.82, 2.24) is 15.2 Å². The lowest BCUT2D eigenvalue weighted by Crippen LogP contribution is -2.59. The van der Waals surface area contributed by atoms with Gasteiger partial charge in [0.1, 0.15) is 23.9 Å². The molecule has 1 aromatic rings. The van der Waals surface area contributed by atoms with Gasteiger partial charge in [-0.05, 0) is 18.8 Å². The smallest absolute Gasteiger partial charge is 0.328 e. The Balaban J connectivity index is 2.14. The Hall–Kier alpha value is -2.42. The first kappa shape index (κ1) is 19.3. The molecule has 1 aromatic heterocycles. The number of imide groups is 2. The van der Waals surface area contributed by atoms with E-state index in [1.807, 2.05) is 0 Å². The number of rotatable bonds is 5. The van der Waals surface area contributed by atoms with Crippen molar-refractivity contribution in [2.24, 2.45) is 11.8 Å². The van der Waals surface area contributed by atoms with Crippen LogP contribution in [0.2, 0.25) is 0 Å². The number of amides is 4. The minimum absolute atomic E-state index is 0.0280. The molecule has 3 rings (SSSR count). The van der Waals surface area contributed by atoms with Gasteiger partial charge in [0.2, 0.25) is 11.8 Å². The number of nitrogens with zero attached hydrogens (tertiary/aromatic N) is 2. The maximum absolute atomic E-state index is 13.0. The second-order valence-electron chi connectivity index (χ2n) is 7.41. The van der Waals surface area contributed by atoms with E-state index in [0.717, 1.165) is 36.8 Å². The fourth-order valence-electron chi connectivity index (χ4n) is 4.47. The van der Waals surface area contributed by atoms with Crippen LogP contribution in [0.3, 0.4) is 0 Å². The summed E-state index contributed by atoms with van der Waals surface area (Å²) in [5, 5.41) is 26.8. The second kappa shape index (κ2) is 7.67. The van der Waals surface area contributed by atoms with Crippen molar-refractivity contribution in [1.29, 1.82) is 0 Å². The lowest BCUT2D eigenvalue weighted by molar-refractivity contribution is -0.623. The van der Waals surface area contributed by atoms with Crippen molar-refractivity contribution >= 4 is 17.8 Å². The van der Waals surface area contributed by atoms with Gasteiger partial charge in [0.05, 0.1) is 12.5 Å². The highest BCUT2D eigenvalue weighted by Crippen LogP contribution is 2.41. The van der Waals surface area contributed by atoms with Crippen LogP contribution in [0.4, 0.5) is 4.79 Å². The Kier molecular flexibility index (Phi) is 5.50. The van der Waals surface area contributed by atoms with Crippen molar-refractivity contribution in [3.8, 4) is 0 Å². The van der Waals surface area contributed by atoms with E-state index in [2.05, 4.69) is 10.6 Å². The predicted molar refractivity (Wildman–Crippen MR) is 94.4 cm³/mol. The molecule has 9 nitrogen and oxygen atoms in total. The number of urea groups is 1. The summed E-state index contributed by atoms with van der Waals surface area (Å²) in [5.74, 6) is -2.87. The average Bonchev–Trinajstić information content (AvgIpc) is 2.83. The monoisotopic (exact) mass is 378 g/mol. The standard InChI is InChI=1S/C18H26N4O5/c1-10-11(2)22(27)17(21(10)8-9-23)13(12-6-4-3-5-7-12)14-15(24)19-18(26)20-16(14)25/h12-14,23H,3-9H2,1-2H3,(H2,19,20,24,25,26)/t13-/m0/s1. The first-order chi connectivity index (χ1) is 12.9. The highest BCUT2D eigenvalue weighted by Gasteiger charge is 2.49. The fourth-order valence-corrected chi connectivity index (χ4v) is 4.47.